The van der Waals surface area contributed by atoms with E-state index < -0.39 is 12.2 Å². The summed E-state index contributed by atoms with van der Waals surface area (Å²) in [7, 11) is 1.79. The minimum absolute atomic E-state index is 0. The van der Waals surface area contributed by atoms with Crippen LogP contribution in [-0.2, 0) is 27.2 Å². The van der Waals surface area contributed by atoms with E-state index in [-0.39, 0.29) is 36.5 Å². The number of aliphatic hydroxyl groups excluding tert-OH is 1. The first-order valence-corrected chi connectivity index (χ1v) is 20.0. The molecule has 59 heavy (non-hydrogen) atoms. The molecule has 4 aromatic carbocycles. The summed E-state index contributed by atoms with van der Waals surface area (Å²) in [6.07, 6.45) is 2.43. The standard InChI is InChI=1S/C46H53N5O7.CH4/c1-50(44(56)24-29-51-27-22-36(23-28-51)58-46(57)48-40-12-6-5-11-37(40)34-8-3-2-4-9-34)26-7-10-35(52)30-33-15-13-32(14-16-33)21-25-47-31-42(54)38-17-19-41(53)45-39(38)18-20-43(55)49-45;/h2-6,8-9,11-20,36,42,47,53-54H,7,10,21-31H2,1H3,(H,48,57)(H,49,55);1H4/t42-;/m0./s1. The Hall–Kier alpha value is -5.82. The minimum Gasteiger partial charge on any atom is -0.506 e. The molecule has 0 saturated carbocycles. The van der Waals surface area contributed by atoms with Gasteiger partial charge in [0.15, 0.2) is 0 Å². The van der Waals surface area contributed by atoms with Crippen molar-refractivity contribution < 1.29 is 29.3 Å². The number of para-hydroxylation sites is 1. The number of hydrogen-bond donors (Lipinski definition) is 5. The van der Waals surface area contributed by atoms with Crippen molar-refractivity contribution in [2.24, 2.45) is 0 Å². The number of piperidine rings is 1. The van der Waals surface area contributed by atoms with Crippen LogP contribution in [0.25, 0.3) is 22.0 Å². The number of nitrogens with one attached hydrogen (secondary N) is 3. The Balaban J connectivity index is 0.00000661. The first-order chi connectivity index (χ1) is 28.1. The lowest BCUT2D eigenvalue weighted by atomic mass is 10.0. The molecule has 6 rings (SSSR count). The minimum atomic E-state index is -0.825. The van der Waals surface area contributed by atoms with Crippen LogP contribution in [0.15, 0.2) is 108 Å². The summed E-state index contributed by atoms with van der Waals surface area (Å²) in [6, 6.07) is 31.6. The SMILES string of the molecule is C.CN(CCCC(=O)Cc1ccc(CCNC[C@H](O)c2ccc(O)c3[nH]c(=O)ccc23)cc1)C(=O)CCN1CCC(OC(=O)Nc2ccccc2-c2ccccc2)CC1. The van der Waals surface area contributed by atoms with Crippen LogP contribution < -0.4 is 16.2 Å². The quantitative estimate of drug-likeness (QED) is 0.0596. The lowest BCUT2D eigenvalue weighted by Crippen LogP contribution is -2.40. The Bertz CT molecular complexity index is 2200. The van der Waals surface area contributed by atoms with Crippen molar-refractivity contribution in [3.05, 3.63) is 130 Å². The van der Waals surface area contributed by atoms with Gasteiger partial charge in [0.2, 0.25) is 11.5 Å². The van der Waals surface area contributed by atoms with E-state index in [4.69, 9.17) is 4.74 Å². The highest BCUT2D eigenvalue weighted by Gasteiger charge is 2.24. The van der Waals surface area contributed by atoms with Crippen molar-refractivity contribution >= 4 is 34.4 Å². The molecular formula is C47H57N5O7. The monoisotopic (exact) mass is 803 g/mol. The first kappa shape index (κ1) is 44.3. The maximum absolute atomic E-state index is 12.9. The maximum Gasteiger partial charge on any atom is 0.411 e. The Morgan fingerprint density at radius 1 is 0.898 bits per heavy atom. The summed E-state index contributed by atoms with van der Waals surface area (Å²) in [6.45, 7) is 3.59. The number of phenols is 1. The molecule has 5 N–H and O–H groups in total. The summed E-state index contributed by atoms with van der Waals surface area (Å²) < 4.78 is 5.75. The second kappa shape index (κ2) is 21.8. The topological polar surface area (TPSA) is 164 Å². The number of amides is 2. The normalized spacial score (nSPS) is 13.7. The molecule has 0 radical (unpaired) electrons. The van der Waals surface area contributed by atoms with Crippen LogP contribution in [0.5, 0.6) is 5.75 Å². The number of carbonyl (C=O) groups excluding carboxylic acids is 3. The summed E-state index contributed by atoms with van der Waals surface area (Å²) >= 11 is 0. The zero-order valence-electron chi connectivity index (χ0n) is 33.0. The van der Waals surface area contributed by atoms with Crippen molar-refractivity contribution in [2.75, 3.05) is 51.6 Å². The van der Waals surface area contributed by atoms with Gasteiger partial charge in [0.05, 0.1) is 17.3 Å². The van der Waals surface area contributed by atoms with E-state index in [9.17, 15) is 29.4 Å². The average Bonchev–Trinajstić information content (AvgIpc) is 3.23. The molecule has 0 spiro atoms. The molecular weight excluding hydrogens is 747 g/mol. The number of ether oxygens (including phenoxy) is 1. The molecule has 312 valence electrons. The zero-order chi connectivity index (χ0) is 40.9. The average molecular weight is 804 g/mol. The Morgan fingerprint density at radius 3 is 2.37 bits per heavy atom. The van der Waals surface area contributed by atoms with E-state index in [1.165, 1.54) is 12.1 Å². The van der Waals surface area contributed by atoms with Gasteiger partial charge in [0, 0.05) is 76.0 Å². The zero-order valence-corrected chi connectivity index (χ0v) is 33.0. The number of rotatable bonds is 18. The second-order valence-corrected chi connectivity index (χ2v) is 14.9. The van der Waals surface area contributed by atoms with Gasteiger partial charge in [0.25, 0.3) is 0 Å². The predicted molar refractivity (Wildman–Crippen MR) is 233 cm³/mol. The van der Waals surface area contributed by atoms with Gasteiger partial charge in [-0.05, 0) is 72.7 Å². The highest BCUT2D eigenvalue weighted by molar-refractivity contribution is 5.91. The number of aromatic amines is 1. The fourth-order valence-corrected chi connectivity index (χ4v) is 7.36. The van der Waals surface area contributed by atoms with Gasteiger partial charge in [-0.25, -0.2) is 4.79 Å². The number of benzene rings is 4. The number of aromatic nitrogens is 1. The number of H-pyrrole nitrogens is 1. The molecule has 1 fully saturated rings. The summed E-state index contributed by atoms with van der Waals surface area (Å²) in [5.74, 6) is 0.138. The molecule has 2 amide bonds. The van der Waals surface area contributed by atoms with Crippen LogP contribution >= 0.6 is 0 Å². The van der Waals surface area contributed by atoms with Crippen LogP contribution in [0.2, 0.25) is 0 Å². The molecule has 1 saturated heterocycles. The Labute approximate surface area is 346 Å². The number of aliphatic hydroxyl groups is 1. The lowest BCUT2D eigenvalue weighted by Gasteiger charge is -2.31. The summed E-state index contributed by atoms with van der Waals surface area (Å²) in [4.78, 5) is 56.6. The molecule has 1 aliphatic heterocycles. The first-order valence-electron chi connectivity index (χ1n) is 20.0. The van der Waals surface area contributed by atoms with Crippen LogP contribution in [-0.4, -0.2) is 95.2 Å². The van der Waals surface area contributed by atoms with E-state index in [1.54, 1.807) is 24.1 Å². The van der Waals surface area contributed by atoms with E-state index in [2.05, 4.69) is 20.5 Å². The number of anilines is 1. The molecule has 12 nitrogen and oxygen atoms in total. The maximum atomic E-state index is 12.9. The van der Waals surface area contributed by atoms with Gasteiger partial charge in [0.1, 0.15) is 17.6 Å². The fraction of sp³-hybridized carbons (Fsp3) is 0.362. The number of aromatic hydroxyl groups is 1. The number of ketones is 1. The molecule has 0 unspecified atom stereocenters. The van der Waals surface area contributed by atoms with E-state index in [0.29, 0.717) is 86.9 Å². The lowest BCUT2D eigenvalue weighted by molar-refractivity contribution is -0.130. The number of phenolic OH excluding ortho intramolecular Hbond substituents is 1. The number of nitrogens with zero attached hydrogens (tertiary/aromatic N) is 2. The van der Waals surface area contributed by atoms with E-state index in [0.717, 1.165) is 41.8 Å². The predicted octanol–water partition coefficient (Wildman–Crippen LogP) is 6.86. The molecule has 1 aromatic heterocycles. The van der Waals surface area contributed by atoms with Gasteiger partial charge >= 0.3 is 6.09 Å². The summed E-state index contributed by atoms with van der Waals surface area (Å²) in [5.41, 5.74) is 5.30. The third-order valence-corrected chi connectivity index (χ3v) is 10.7. The van der Waals surface area contributed by atoms with Crippen LogP contribution in [0.1, 0.15) is 62.3 Å². The van der Waals surface area contributed by atoms with Crippen LogP contribution in [0.3, 0.4) is 0 Å². The molecule has 0 aliphatic carbocycles. The van der Waals surface area contributed by atoms with E-state index >= 15 is 0 Å². The third kappa shape index (κ3) is 12.8. The molecule has 2 heterocycles. The van der Waals surface area contributed by atoms with Gasteiger partial charge < -0.3 is 35.1 Å². The van der Waals surface area contributed by atoms with Crippen molar-refractivity contribution in [1.82, 2.24) is 20.1 Å². The highest BCUT2D eigenvalue weighted by atomic mass is 16.6. The third-order valence-electron chi connectivity index (χ3n) is 10.7. The number of pyridine rings is 1. The fourth-order valence-electron chi connectivity index (χ4n) is 7.36. The Kier molecular flexibility index (Phi) is 16.4. The van der Waals surface area contributed by atoms with Crippen molar-refractivity contribution in [1.29, 1.82) is 0 Å². The Morgan fingerprint density at radius 2 is 1.61 bits per heavy atom. The van der Waals surface area contributed by atoms with Crippen molar-refractivity contribution in [2.45, 2.75) is 64.6 Å². The molecule has 5 aromatic rings. The van der Waals surface area contributed by atoms with Gasteiger partial charge in [-0.15, -0.1) is 0 Å². The summed E-state index contributed by atoms with van der Waals surface area (Å²) in [5, 5.41) is 27.6. The highest BCUT2D eigenvalue weighted by Crippen LogP contribution is 2.29. The number of hydrogen-bond acceptors (Lipinski definition) is 9. The number of Topliss-reactive ketones (excluding diaryl/α,β-unsaturated/α-hetero) is 1. The van der Waals surface area contributed by atoms with Gasteiger partial charge in [-0.3, -0.25) is 19.7 Å². The van der Waals surface area contributed by atoms with E-state index in [1.807, 2.05) is 78.9 Å². The number of likely N-dealkylation sites (tertiary alicyclic amines) is 1. The number of carbonyl (C=O) groups is 3. The number of fused-ring (bicyclic) bond motifs is 1. The largest absolute Gasteiger partial charge is 0.506 e. The molecule has 0 bridgehead atoms. The van der Waals surface area contributed by atoms with Gasteiger partial charge in [-0.1, -0.05) is 86.3 Å². The molecule has 1 atom stereocenters. The second-order valence-electron chi connectivity index (χ2n) is 14.9. The smallest absolute Gasteiger partial charge is 0.411 e. The van der Waals surface area contributed by atoms with Crippen LogP contribution in [0.4, 0.5) is 10.5 Å². The molecule has 12 heteroatoms. The van der Waals surface area contributed by atoms with Crippen molar-refractivity contribution in [3.63, 3.8) is 0 Å². The van der Waals surface area contributed by atoms with Crippen molar-refractivity contribution in [3.8, 4) is 16.9 Å². The van der Waals surface area contributed by atoms with Crippen LogP contribution in [0, 0.1) is 0 Å². The van der Waals surface area contributed by atoms with Gasteiger partial charge in [-0.2, -0.15) is 0 Å². The molecule has 1 aliphatic rings.